The van der Waals surface area contributed by atoms with Gasteiger partial charge in [0.2, 0.25) is 0 Å². The zero-order valence-electron chi connectivity index (χ0n) is 20.1. The van der Waals surface area contributed by atoms with Crippen molar-refractivity contribution in [1.29, 1.82) is 0 Å². The van der Waals surface area contributed by atoms with E-state index < -0.39 is 46.7 Å². The highest BCUT2D eigenvalue weighted by Crippen LogP contribution is 2.44. The molecule has 13 heteroatoms. The average Bonchev–Trinajstić information content (AvgIpc) is 2.81. The normalized spacial score (nSPS) is 15.0. The maximum atomic E-state index is 13.9. The molecule has 38 heavy (non-hydrogen) atoms. The highest BCUT2D eigenvalue weighted by Gasteiger charge is 2.41. The van der Waals surface area contributed by atoms with Crippen molar-refractivity contribution in [3.8, 4) is 5.75 Å². The molecule has 0 aliphatic heterocycles. The van der Waals surface area contributed by atoms with Gasteiger partial charge in [-0.1, -0.05) is 0 Å². The summed E-state index contributed by atoms with van der Waals surface area (Å²) >= 11 is 0. The number of amides is 1. The van der Waals surface area contributed by atoms with Gasteiger partial charge >= 0.3 is 18.4 Å². The Bertz CT molecular complexity index is 1190. The predicted octanol–water partition coefficient (Wildman–Crippen LogP) is 6.44. The summed E-state index contributed by atoms with van der Waals surface area (Å²) in [7, 11) is 1.13. The van der Waals surface area contributed by atoms with E-state index in [4.69, 9.17) is 15.2 Å². The van der Waals surface area contributed by atoms with Crippen LogP contribution in [0, 0.1) is 5.82 Å². The van der Waals surface area contributed by atoms with Crippen molar-refractivity contribution in [1.82, 2.24) is 0 Å². The molecule has 1 aliphatic carbocycles. The molecule has 2 N–H and O–H groups in total. The summed E-state index contributed by atoms with van der Waals surface area (Å²) in [6.45, 7) is 0.265. The zero-order valence-corrected chi connectivity index (χ0v) is 20.1. The highest BCUT2D eigenvalue weighted by molar-refractivity contribution is 6.11. The van der Waals surface area contributed by atoms with Gasteiger partial charge in [0.15, 0.2) is 5.75 Å². The number of benzene rings is 2. The van der Waals surface area contributed by atoms with Crippen molar-refractivity contribution in [3.05, 3.63) is 65.1 Å². The number of nitrogens with two attached hydrogens (primary N) is 1. The number of carbonyl (C=O) groups is 1. The van der Waals surface area contributed by atoms with E-state index in [0.29, 0.717) is 6.07 Å². The fraction of sp³-hybridized carbons (Fsp3) is 0.360. The lowest BCUT2D eigenvalue weighted by atomic mass is 9.96. The standard InChI is InChI=1S/C25H24F7N3O3/c1-35(18-7-5-17(26)6-8-18)23(36)38-22-20(11-16(24(27,28)29)12-21(22)25(30,31)32)15(13-33)14-34-9-10-37-19-3-2-4-19/h5-8,11-14,19H,2-4,9-10,33H2,1H3. The van der Waals surface area contributed by atoms with Gasteiger partial charge in [-0.3, -0.25) is 9.89 Å². The maximum absolute atomic E-state index is 13.9. The lowest BCUT2D eigenvalue weighted by molar-refractivity contribution is -0.143. The predicted molar refractivity (Wildman–Crippen MR) is 126 cm³/mol. The molecule has 1 aliphatic rings. The van der Waals surface area contributed by atoms with Gasteiger partial charge in [0.1, 0.15) is 5.82 Å². The molecule has 2 aromatic carbocycles. The summed E-state index contributed by atoms with van der Waals surface area (Å²) in [4.78, 5) is 17.5. The molecule has 1 saturated carbocycles. The average molecular weight is 547 g/mol. The Labute approximate surface area is 213 Å². The van der Waals surface area contributed by atoms with E-state index in [2.05, 4.69) is 4.99 Å². The van der Waals surface area contributed by atoms with Gasteiger partial charge < -0.3 is 15.2 Å². The van der Waals surface area contributed by atoms with E-state index in [0.717, 1.165) is 55.8 Å². The van der Waals surface area contributed by atoms with Crippen LogP contribution in [0.1, 0.15) is 36.0 Å². The number of aliphatic imine (C=N–C) groups is 1. The first kappa shape index (κ1) is 29.0. The van der Waals surface area contributed by atoms with Crippen LogP contribution in [0.25, 0.3) is 5.57 Å². The molecule has 0 heterocycles. The van der Waals surface area contributed by atoms with Gasteiger partial charge in [0.25, 0.3) is 0 Å². The molecular weight excluding hydrogens is 523 g/mol. The van der Waals surface area contributed by atoms with E-state index in [1.807, 2.05) is 0 Å². The number of anilines is 1. The largest absolute Gasteiger partial charge is 0.420 e. The van der Waals surface area contributed by atoms with E-state index in [1.165, 1.54) is 12.1 Å². The number of ether oxygens (including phenoxy) is 2. The Morgan fingerprint density at radius 1 is 1.11 bits per heavy atom. The lowest BCUT2D eigenvalue weighted by Gasteiger charge is -2.25. The van der Waals surface area contributed by atoms with E-state index in [-0.39, 0.29) is 36.6 Å². The number of nitrogens with zero attached hydrogens (tertiary/aromatic N) is 2. The second-order valence-corrected chi connectivity index (χ2v) is 8.38. The minimum absolute atomic E-state index is 0.0565. The van der Waals surface area contributed by atoms with Crippen molar-refractivity contribution in [3.63, 3.8) is 0 Å². The van der Waals surface area contributed by atoms with Gasteiger partial charge in [-0.2, -0.15) is 26.3 Å². The monoisotopic (exact) mass is 547 g/mol. The molecular formula is C25H24F7N3O3. The molecule has 0 aromatic heterocycles. The summed E-state index contributed by atoms with van der Waals surface area (Å²) in [6, 6.07) is 4.58. The molecule has 0 saturated heterocycles. The van der Waals surface area contributed by atoms with Crippen LogP contribution in [0.4, 0.5) is 41.2 Å². The minimum Gasteiger partial charge on any atom is -0.409 e. The van der Waals surface area contributed by atoms with E-state index in [9.17, 15) is 35.5 Å². The van der Waals surface area contributed by atoms with Gasteiger partial charge in [-0.05, 0) is 55.7 Å². The second-order valence-electron chi connectivity index (χ2n) is 8.38. The number of rotatable bonds is 8. The van der Waals surface area contributed by atoms with Crippen molar-refractivity contribution in [2.45, 2.75) is 37.7 Å². The molecule has 0 bridgehead atoms. The highest BCUT2D eigenvalue weighted by atomic mass is 19.4. The Balaban J connectivity index is 2.00. The van der Waals surface area contributed by atoms with Gasteiger partial charge in [0, 0.05) is 36.3 Å². The lowest BCUT2D eigenvalue weighted by Crippen LogP contribution is -2.30. The third-order valence-corrected chi connectivity index (χ3v) is 5.75. The molecule has 0 unspecified atom stereocenters. The summed E-state index contributed by atoms with van der Waals surface area (Å²) in [5.41, 5.74) is 1.03. The molecule has 0 atom stereocenters. The van der Waals surface area contributed by atoms with Crippen molar-refractivity contribution >= 4 is 23.6 Å². The Morgan fingerprint density at radius 3 is 2.29 bits per heavy atom. The van der Waals surface area contributed by atoms with E-state index >= 15 is 0 Å². The van der Waals surface area contributed by atoms with Gasteiger partial charge in [-0.15, -0.1) is 0 Å². The van der Waals surface area contributed by atoms with Crippen LogP contribution in [0.5, 0.6) is 5.75 Å². The minimum atomic E-state index is -5.34. The third kappa shape index (κ3) is 7.24. The topological polar surface area (TPSA) is 77.2 Å². The summed E-state index contributed by atoms with van der Waals surface area (Å²) in [6.07, 6.45) is -7.16. The number of allylic oxidation sites excluding steroid dienone is 1. The quantitative estimate of drug-likeness (QED) is 0.235. The number of halogens is 7. The summed E-state index contributed by atoms with van der Waals surface area (Å²) in [5.74, 6) is -1.83. The molecule has 6 nitrogen and oxygen atoms in total. The van der Waals surface area contributed by atoms with E-state index in [1.54, 1.807) is 0 Å². The van der Waals surface area contributed by atoms with Crippen LogP contribution in [0.2, 0.25) is 0 Å². The first-order valence-corrected chi connectivity index (χ1v) is 11.4. The van der Waals surface area contributed by atoms with Crippen LogP contribution in [-0.2, 0) is 17.1 Å². The van der Waals surface area contributed by atoms with Crippen LogP contribution in [0.3, 0.4) is 0 Å². The Morgan fingerprint density at radius 2 is 1.76 bits per heavy atom. The fourth-order valence-electron chi connectivity index (χ4n) is 3.43. The first-order chi connectivity index (χ1) is 17.8. The number of alkyl halides is 6. The van der Waals surface area contributed by atoms with Crippen LogP contribution in [-0.4, -0.2) is 38.6 Å². The Hall–Kier alpha value is -3.61. The molecule has 1 amide bonds. The van der Waals surface area contributed by atoms with Gasteiger partial charge in [0.05, 0.1) is 30.4 Å². The molecule has 0 radical (unpaired) electrons. The number of carbonyl (C=O) groups excluding carboxylic acids is 1. The van der Waals surface area contributed by atoms with Crippen LogP contribution < -0.4 is 15.4 Å². The molecule has 1 fully saturated rings. The summed E-state index contributed by atoms with van der Waals surface area (Å²) < 4.78 is 106. The fourth-order valence-corrected chi connectivity index (χ4v) is 3.43. The Kier molecular flexibility index (Phi) is 9.02. The van der Waals surface area contributed by atoms with Crippen molar-refractivity contribution < 1.29 is 45.0 Å². The third-order valence-electron chi connectivity index (χ3n) is 5.75. The maximum Gasteiger partial charge on any atom is 0.420 e. The molecule has 206 valence electrons. The van der Waals surface area contributed by atoms with Crippen molar-refractivity contribution in [2.75, 3.05) is 25.1 Å². The SMILES string of the molecule is CN(C(=O)Oc1c(C(C=NCCOC2CCC2)=CN)cc(C(F)(F)F)cc1C(F)(F)F)c1ccc(F)cc1. The first-order valence-electron chi connectivity index (χ1n) is 11.4. The summed E-state index contributed by atoms with van der Waals surface area (Å²) in [5, 5.41) is 0. The zero-order chi connectivity index (χ0) is 28.1. The van der Waals surface area contributed by atoms with Crippen LogP contribution in [0.15, 0.2) is 47.6 Å². The number of hydrogen-bond donors (Lipinski definition) is 1. The molecule has 2 aromatic rings. The van der Waals surface area contributed by atoms with Gasteiger partial charge in [-0.25, -0.2) is 9.18 Å². The second kappa shape index (κ2) is 11.8. The van der Waals surface area contributed by atoms with Crippen molar-refractivity contribution in [2.24, 2.45) is 10.7 Å². The number of hydrogen-bond acceptors (Lipinski definition) is 5. The molecule has 0 spiro atoms. The van der Waals surface area contributed by atoms with Crippen LogP contribution >= 0.6 is 0 Å². The smallest absolute Gasteiger partial charge is 0.409 e. The molecule has 3 rings (SSSR count).